The van der Waals surface area contributed by atoms with Crippen molar-refractivity contribution in [2.75, 3.05) is 25.7 Å². The van der Waals surface area contributed by atoms with Crippen molar-refractivity contribution in [3.05, 3.63) is 52.5 Å². The van der Waals surface area contributed by atoms with Gasteiger partial charge in [-0.05, 0) is 49.9 Å². The van der Waals surface area contributed by atoms with Crippen LogP contribution in [0.4, 0.5) is 18.9 Å². The van der Waals surface area contributed by atoms with Crippen molar-refractivity contribution in [2.45, 2.75) is 25.7 Å². The summed E-state index contributed by atoms with van der Waals surface area (Å²) in [6, 6.07) is 7.77. The van der Waals surface area contributed by atoms with E-state index >= 15 is 0 Å². The minimum Gasteiger partial charge on any atom is -0.454 e. The smallest absolute Gasteiger partial charge is 0.417 e. The Morgan fingerprint density at radius 2 is 1.88 bits per heavy atom. The summed E-state index contributed by atoms with van der Waals surface area (Å²) >= 11 is 5.58. The molecule has 0 fully saturated rings. The molecule has 0 saturated heterocycles. The van der Waals surface area contributed by atoms with Crippen LogP contribution in [0.2, 0.25) is 5.02 Å². The fraction of sp³-hybridized carbons (Fsp3) is 0.333. The first-order valence-electron chi connectivity index (χ1n) is 9.57. The number of hydrogen-bond donors (Lipinski definition) is 2. The van der Waals surface area contributed by atoms with E-state index in [2.05, 4.69) is 10.6 Å². The molecule has 32 heavy (non-hydrogen) atoms. The Hall–Kier alpha value is -2.98. The summed E-state index contributed by atoms with van der Waals surface area (Å²) in [7, 11) is 1.56. The Kier molecular flexibility index (Phi) is 7.15. The van der Waals surface area contributed by atoms with Crippen molar-refractivity contribution in [3.63, 3.8) is 0 Å². The number of hydrogen-bond acceptors (Lipinski definition) is 5. The van der Waals surface area contributed by atoms with Crippen LogP contribution in [0.5, 0.6) is 11.5 Å². The third kappa shape index (κ3) is 5.83. The standard InChI is InChI=1S/C21H21ClF3N3O4/c1-12(20(30)26-9-13-3-6-17-18(7-13)32-11-31-17)28(2)10-19(29)27-14-4-5-16(22)15(8-14)21(23,24)25/h3-8,12H,9-11H2,1-2H3,(H,26,30)(H,27,29)/t12-/m1/s1. The monoisotopic (exact) mass is 471 g/mol. The maximum Gasteiger partial charge on any atom is 0.417 e. The number of nitrogens with zero attached hydrogens (tertiary/aromatic N) is 1. The van der Waals surface area contributed by atoms with Crippen molar-refractivity contribution in [2.24, 2.45) is 0 Å². The number of alkyl halides is 3. The quantitative estimate of drug-likeness (QED) is 0.644. The number of ether oxygens (including phenoxy) is 2. The number of carbonyl (C=O) groups excluding carboxylic acids is 2. The maximum atomic E-state index is 13.0. The van der Waals surface area contributed by atoms with Crippen molar-refractivity contribution in [3.8, 4) is 11.5 Å². The first-order chi connectivity index (χ1) is 15.0. The molecule has 11 heteroatoms. The fourth-order valence-corrected chi connectivity index (χ4v) is 3.20. The molecule has 2 amide bonds. The Balaban J connectivity index is 1.51. The van der Waals surface area contributed by atoms with Gasteiger partial charge in [-0.15, -0.1) is 0 Å². The maximum absolute atomic E-state index is 13.0. The Labute approximate surface area is 187 Å². The number of fused-ring (bicyclic) bond motifs is 1. The highest BCUT2D eigenvalue weighted by Gasteiger charge is 2.33. The molecule has 0 unspecified atom stereocenters. The zero-order valence-corrected chi connectivity index (χ0v) is 18.0. The highest BCUT2D eigenvalue weighted by molar-refractivity contribution is 6.31. The van der Waals surface area contributed by atoms with Crippen LogP contribution >= 0.6 is 11.6 Å². The highest BCUT2D eigenvalue weighted by atomic mass is 35.5. The van der Waals surface area contributed by atoms with Gasteiger partial charge in [0.1, 0.15) is 0 Å². The van der Waals surface area contributed by atoms with Gasteiger partial charge in [0.2, 0.25) is 18.6 Å². The lowest BCUT2D eigenvalue weighted by molar-refractivity contribution is -0.137. The highest BCUT2D eigenvalue weighted by Crippen LogP contribution is 2.36. The predicted octanol–water partition coefficient (Wildman–Crippen LogP) is 3.66. The number of rotatable bonds is 7. The summed E-state index contributed by atoms with van der Waals surface area (Å²) < 4.78 is 49.4. The molecule has 172 valence electrons. The van der Waals surface area contributed by atoms with Gasteiger partial charge >= 0.3 is 6.18 Å². The number of benzene rings is 2. The zero-order chi connectivity index (χ0) is 23.5. The van der Waals surface area contributed by atoms with Crippen LogP contribution in [0.3, 0.4) is 0 Å². The lowest BCUT2D eigenvalue weighted by Gasteiger charge is -2.23. The van der Waals surface area contributed by atoms with E-state index in [0.717, 1.165) is 17.7 Å². The second-order valence-corrected chi connectivity index (χ2v) is 7.64. The Bertz CT molecular complexity index is 1020. The summed E-state index contributed by atoms with van der Waals surface area (Å²) in [4.78, 5) is 26.2. The minimum absolute atomic E-state index is 0.0416. The Morgan fingerprint density at radius 1 is 1.16 bits per heavy atom. The number of carbonyl (C=O) groups is 2. The molecule has 2 aromatic rings. The van der Waals surface area contributed by atoms with E-state index in [9.17, 15) is 22.8 Å². The summed E-state index contributed by atoms with van der Waals surface area (Å²) in [5.74, 6) is 0.360. The molecule has 0 aromatic heterocycles. The third-order valence-corrected chi connectivity index (χ3v) is 5.22. The number of likely N-dealkylation sites (N-methyl/N-ethyl adjacent to an activating group) is 1. The molecule has 0 saturated carbocycles. The van der Waals surface area contributed by atoms with E-state index < -0.39 is 28.7 Å². The van der Waals surface area contributed by atoms with E-state index in [4.69, 9.17) is 21.1 Å². The zero-order valence-electron chi connectivity index (χ0n) is 17.3. The molecule has 3 rings (SSSR count). The van der Waals surface area contributed by atoms with E-state index in [1.165, 1.54) is 11.0 Å². The fourth-order valence-electron chi connectivity index (χ4n) is 2.97. The third-order valence-electron chi connectivity index (χ3n) is 4.89. The summed E-state index contributed by atoms with van der Waals surface area (Å²) in [6.07, 6.45) is -4.64. The first kappa shape index (κ1) is 23.7. The van der Waals surface area contributed by atoms with Gasteiger partial charge in [0.25, 0.3) is 0 Å². The van der Waals surface area contributed by atoms with Gasteiger partial charge in [-0.3, -0.25) is 14.5 Å². The van der Waals surface area contributed by atoms with E-state index in [0.29, 0.717) is 11.5 Å². The summed E-state index contributed by atoms with van der Waals surface area (Å²) in [6.45, 7) is 1.82. The van der Waals surface area contributed by atoms with Crippen molar-refractivity contribution in [1.29, 1.82) is 0 Å². The van der Waals surface area contributed by atoms with Gasteiger partial charge in [0.15, 0.2) is 11.5 Å². The predicted molar refractivity (Wildman–Crippen MR) is 112 cm³/mol. The molecular weight excluding hydrogens is 451 g/mol. The van der Waals surface area contributed by atoms with Crippen molar-refractivity contribution in [1.82, 2.24) is 10.2 Å². The van der Waals surface area contributed by atoms with Gasteiger partial charge < -0.3 is 20.1 Å². The molecular formula is C21H21ClF3N3O4. The van der Waals surface area contributed by atoms with Gasteiger partial charge in [0.05, 0.1) is 23.2 Å². The number of halogens is 4. The largest absolute Gasteiger partial charge is 0.454 e. The van der Waals surface area contributed by atoms with Crippen LogP contribution in [0.15, 0.2) is 36.4 Å². The van der Waals surface area contributed by atoms with Crippen molar-refractivity contribution >= 4 is 29.1 Å². The minimum atomic E-state index is -4.64. The normalized spacial score (nSPS) is 13.7. The van der Waals surface area contributed by atoms with Crippen molar-refractivity contribution < 1.29 is 32.2 Å². The van der Waals surface area contributed by atoms with Gasteiger partial charge in [-0.25, -0.2) is 0 Å². The lowest BCUT2D eigenvalue weighted by Crippen LogP contribution is -2.45. The summed E-state index contributed by atoms with van der Waals surface area (Å²) in [5, 5.41) is 4.71. The topological polar surface area (TPSA) is 79.9 Å². The van der Waals surface area contributed by atoms with Crippen LogP contribution in [0.1, 0.15) is 18.1 Å². The number of nitrogens with one attached hydrogen (secondary N) is 2. The molecule has 0 radical (unpaired) electrons. The van der Waals surface area contributed by atoms with Gasteiger partial charge in [-0.1, -0.05) is 17.7 Å². The average molecular weight is 472 g/mol. The second kappa shape index (κ2) is 9.66. The van der Waals surface area contributed by atoms with E-state index in [-0.39, 0.29) is 31.5 Å². The van der Waals surface area contributed by atoms with E-state index in [1.807, 2.05) is 0 Å². The van der Waals surface area contributed by atoms with Crippen LogP contribution in [0.25, 0.3) is 0 Å². The summed E-state index contributed by atoms with van der Waals surface area (Å²) in [5.41, 5.74) is -0.264. The Morgan fingerprint density at radius 3 is 2.59 bits per heavy atom. The molecule has 0 aliphatic carbocycles. The van der Waals surface area contributed by atoms with Crippen LogP contribution in [-0.2, 0) is 22.3 Å². The molecule has 0 bridgehead atoms. The molecule has 2 aromatic carbocycles. The molecule has 1 aliphatic heterocycles. The molecule has 1 heterocycles. The molecule has 1 aliphatic rings. The number of amides is 2. The average Bonchev–Trinajstić information content (AvgIpc) is 3.19. The number of anilines is 1. The lowest BCUT2D eigenvalue weighted by atomic mass is 10.2. The van der Waals surface area contributed by atoms with E-state index in [1.54, 1.807) is 32.2 Å². The first-order valence-corrected chi connectivity index (χ1v) is 9.95. The van der Waals surface area contributed by atoms with Gasteiger partial charge in [0, 0.05) is 12.2 Å². The SMILES string of the molecule is C[C@H](C(=O)NCc1ccc2c(c1)OCO2)N(C)CC(=O)Nc1ccc(Cl)c(C(F)(F)F)c1. The van der Waals surface area contributed by atoms with Crippen LogP contribution < -0.4 is 20.1 Å². The van der Waals surface area contributed by atoms with Gasteiger partial charge in [-0.2, -0.15) is 13.2 Å². The molecule has 1 atom stereocenters. The molecule has 0 spiro atoms. The van der Waals surface area contributed by atoms with Crippen LogP contribution in [-0.4, -0.2) is 43.1 Å². The molecule has 7 nitrogen and oxygen atoms in total. The second-order valence-electron chi connectivity index (χ2n) is 7.24. The molecule has 2 N–H and O–H groups in total. The van der Waals surface area contributed by atoms with Crippen LogP contribution in [0, 0.1) is 0 Å².